The minimum Gasteiger partial charge on any atom is -0.351 e. The summed E-state index contributed by atoms with van der Waals surface area (Å²) in [6, 6.07) is 0.0663. The van der Waals surface area contributed by atoms with Crippen molar-refractivity contribution in [2.75, 3.05) is 6.54 Å². The molecule has 8 heteroatoms. The van der Waals surface area contributed by atoms with Crippen molar-refractivity contribution in [3.8, 4) is 0 Å². The number of nitrogens with zero attached hydrogens (tertiary/aromatic N) is 1. The fourth-order valence-electron chi connectivity index (χ4n) is 4.03. The molecular formula is C18H26N4O4. The number of aromatic nitrogens is 2. The van der Waals surface area contributed by atoms with Gasteiger partial charge in [0, 0.05) is 30.3 Å². The highest BCUT2D eigenvalue weighted by Gasteiger charge is 2.35. The van der Waals surface area contributed by atoms with Crippen LogP contribution in [0.4, 0.5) is 0 Å². The lowest BCUT2D eigenvalue weighted by Crippen LogP contribution is -2.41. The maximum Gasteiger partial charge on any atom is 0.325 e. The van der Waals surface area contributed by atoms with E-state index in [0.717, 1.165) is 25.7 Å². The number of aryl methyl sites for hydroxylation is 1. The second-order valence-electron chi connectivity index (χ2n) is 7.35. The van der Waals surface area contributed by atoms with Gasteiger partial charge in [0.1, 0.15) is 0 Å². The van der Waals surface area contributed by atoms with Gasteiger partial charge in [-0.25, -0.2) is 4.79 Å². The molecule has 1 saturated carbocycles. The molecule has 2 fully saturated rings. The Morgan fingerprint density at radius 1 is 1.12 bits per heavy atom. The Kier molecular flexibility index (Phi) is 5.58. The molecule has 1 aliphatic carbocycles. The van der Waals surface area contributed by atoms with Gasteiger partial charge in [-0.15, -0.1) is 0 Å². The number of carbonyl (C=O) groups excluding carboxylic acids is 2. The molecule has 142 valence electrons. The molecule has 1 atom stereocenters. The van der Waals surface area contributed by atoms with E-state index in [-0.39, 0.29) is 35.9 Å². The van der Waals surface area contributed by atoms with Gasteiger partial charge in [-0.2, -0.15) is 0 Å². The second kappa shape index (κ2) is 7.88. The lowest BCUT2D eigenvalue weighted by Gasteiger charge is -2.27. The molecule has 0 bridgehead atoms. The summed E-state index contributed by atoms with van der Waals surface area (Å²) in [7, 11) is 0. The van der Waals surface area contributed by atoms with Crippen LogP contribution in [-0.4, -0.2) is 45.3 Å². The molecule has 1 aliphatic heterocycles. The van der Waals surface area contributed by atoms with E-state index in [9.17, 15) is 19.2 Å². The summed E-state index contributed by atoms with van der Waals surface area (Å²) < 4.78 is 0. The van der Waals surface area contributed by atoms with Crippen LogP contribution in [0.2, 0.25) is 0 Å². The number of likely N-dealkylation sites (tertiary alicyclic amines) is 1. The van der Waals surface area contributed by atoms with Crippen molar-refractivity contribution in [2.45, 2.75) is 70.4 Å². The zero-order chi connectivity index (χ0) is 18.7. The van der Waals surface area contributed by atoms with Gasteiger partial charge in [-0.3, -0.25) is 19.4 Å². The number of carbonyl (C=O) groups is 2. The predicted octanol–water partition coefficient (Wildman–Crippen LogP) is 0.354. The summed E-state index contributed by atoms with van der Waals surface area (Å²) in [5, 5.41) is 2.87. The first kappa shape index (κ1) is 18.4. The summed E-state index contributed by atoms with van der Waals surface area (Å²) in [4.78, 5) is 54.3. The summed E-state index contributed by atoms with van der Waals surface area (Å²) in [6.07, 6.45) is 7.03. The first-order chi connectivity index (χ1) is 12.4. The summed E-state index contributed by atoms with van der Waals surface area (Å²) in [5.41, 5.74) is -0.510. The average molecular weight is 362 g/mol. The van der Waals surface area contributed by atoms with Gasteiger partial charge < -0.3 is 15.2 Å². The van der Waals surface area contributed by atoms with Gasteiger partial charge in [0.05, 0.1) is 12.5 Å². The third kappa shape index (κ3) is 4.23. The predicted molar refractivity (Wildman–Crippen MR) is 95.9 cm³/mol. The Morgan fingerprint density at radius 2 is 1.81 bits per heavy atom. The van der Waals surface area contributed by atoms with Gasteiger partial charge in [0.15, 0.2) is 0 Å². The van der Waals surface area contributed by atoms with E-state index in [1.807, 2.05) is 4.90 Å². The first-order valence-corrected chi connectivity index (χ1v) is 9.35. The topological polar surface area (TPSA) is 115 Å². The zero-order valence-electron chi connectivity index (χ0n) is 15.1. The lowest BCUT2D eigenvalue weighted by atomic mass is 10.1. The van der Waals surface area contributed by atoms with E-state index < -0.39 is 11.2 Å². The van der Waals surface area contributed by atoms with Gasteiger partial charge in [-0.05, 0) is 19.8 Å². The Bertz CT molecular complexity index is 789. The van der Waals surface area contributed by atoms with Crippen LogP contribution in [0.25, 0.3) is 0 Å². The minimum atomic E-state index is -0.586. The number of aromatic amines is 2. The van der Waals surface area contributed by atoms with Gasteiger partial charge in [0.25, 0.3) is 5.56 Å². The normalized spacial score (nSPS) is 21.7. The van der Waals surface area contributed by atoms with Crippen molar-refractivity contribution < 1.29 is 9.59 Å². The molecule has 2 aliphatic rings. The SMILES string of the molecule is Cc1[nH]c(=O)[nH]c(=O)c1CC(=O)N[C@H]1CC(=O)N(C2CCCCCC2)C1. The van der Waals surface area contributed by atoms with Crippen molar-refractivity contribution in [3.63, 3.8) is 0 Å². The van der Waals surface area contributed by atoms with E-state index in [2.05, 4.69) is 15.3 Å². The monoisotopic (exact) mass is 362 g/mol. The van der Waals surface area contributed by atoms with Crippen molar-refractivity contribution >= 4 is 11.8 Å². The molecule has 8 nitrogen and oxygen atoms in total. The van der Waals surface area contributed by atoms with Crippen LogP contribution in [0.3, 0.4) is 0 Å². The van der Waals surface area contributed by atoms with Crippen LogP contribution in [0, 0.1) is 6.92 Å². The smallest absolute Gasteiger partial charge is 0.325 e. The summed E-state index contributed by atoms with van der Waals surface area (Å²) in [5.74, 6) is -0.216. The molecule has 0 aromatic carbocycles. The highest BCUT2D eigenvalue weighted by atomic mass is 16.2. The minimum absolute atomic E-state index is 0.0975. The van der Waals surface area contributed by atoms with Crippen molar-refractivity contribution in [1.29, 1.82) is 0 Å². The number of H-pyrrole nitrogens is 2. The van der Waals surface area contributed by atoms with Gasteiger partial charge in [-0.1, -0.05) is 25.7 Å². The van der Waals surface area contributed by atoms with Crippen LogP contribution in [0.5, 0.6) is 0 Å². The average Bonchev–Trinajstić information content (AvgIpc) is 2.77. The largest absolute Gasteiger partial charge is 0.351 e. The number of hydrogen-bond donors (Lipinski definition) is 3. The Balaban J connectivity index is 1.59. The van der Waals surface area contributed by atoms with Gasteiger partial charge >= 0.3 is 5.69 Å². The molecule has 2 heterocycles. The summed E-state index contributed by atoms with van der Waals surface area (Å²) >= 11 is 0. The molecule has 1 aromatic heterocycles. The molecule has 1 aromatic rings. The maximum absolute atomic E-state index is 12.4. The number of rotatable bonds is 4. The van der Waals surface area contributed by atoms with Crippen LogP contribution >= 0.6 is 0 Å². The summed E-state index contributed by atoms with van der Waals surface area (Å²) in [6.45, 7) is 2.13. The number of amides is 2. The highest BCUT2D eigenvalue weighted by molar-refractivity contribution is 5.83. The Hall–Kier alpha value is -2.38. The van der Waals surface area contributed by atoms with E-state index in [4.69, 9.17) is 0 Å². The molecule has 1 saturated heterocycles. The highest BCUT2D eigenvalue weighted by Crippen LogP contribution is 2.25. The van der Waals surface area contributed by atoms with Crippen LogP contribution in [0.15, 0.2) is 9.59 Å². The standard InChI is InChI=1S/C18H26N4O4/c1-11-14(17(25)21-18(26)19-11)9-15(23)20-12-8-16(24)22(10-12)13-6-4-2-3-5-7-13/h12-13H,2-10H2,1H3,(H,20,23)(H2,19,21,25,26)/t12-/m0/s1. The molecule has 2 amide bonds. The molecule has 0 radical (unpaired) electrons. The molecule has 3 N–H and O–H groups in total. The molecule has 0 unspecified atom stereocenters. The van der Waals surface area contributed by atoms with Crippen molar-refractivity contribution in [2.24, 2.45) is 0 Å². The third-order valence-electron chi connectivity index (χ3n) is 5.38. The van der Waals surface area contributed by atoms with Crippen molar-refractivity contribution in [3.05, 3.63) is 32.1 Å². The second-order valence-corrected chi connectivity index (χ2v) is 7.35. The van der Waals surface area contributed by atoms with Crippen LogP contribution in [-0.2, 0) is 16.0 Å². The fraction of sp³-hybridized carbons (Fsp3) is 0.667. The van der Waals surface area contributed by atoms with E-state index in [1.165, 1.54) is 12.8 Å². The fourth-order valence-corrected chi connectivity index (χ4v) is 4.03. The lowest BCUT2D eigenvalue weighted by molar-refractivity contribution is -0.129. The van der Waals surface area contributed by atoms with E-state index in [0.29, 0.717) is 18.7 Å². The quantitative estimate of drug-likeness (QED) is 0.671. The van der Waals surface area contributed by atoms with E-state index >= 15 is 0 Å². The number of nitrogens with one attached hydrogen (secondary N) is 3. The Labute approximate surface area is 151 Å². The third-order valence-corrected chi connectivity index (χ3v) is 5.38. The molecule has 26 heavy (non-hydrogen) atoms. The first-order valence-electron chi connectivity index (χ1n) is 9.35. The van der Waals surface area contributed by atoms with Crippen molar-refractivity contribution in [1.82, 2.24) is 20.2 Å². The van der Waals surface area contributed by atoms with Crippen LogP contribution < -0.4 is 16.6 Å². The Morgan fingerprint density at radius 3 is 2.46 bits per heavy atom. The van der Waals surface area contributed by atoms with E-state index in [1.54, 1.807) is 6.92 Å². The maximum atomic E-state index is 12.4. The van der Waals surface area contributed by atoms with Crippen LogP contribution in [0.1, 0.15) is 56.2 Å². The molecule has 3 rings (SSSR count). The zero-order valence-corrected chi connectivity index (χ0v) is 15.1. The molecule has 0 spiro atoms. The van der Waals surface area contributed by atoms with Gasteiger partial charge in [0.2, 0.25) is 11.8 Å². The molecular weight excluding hydrogens is 336 g/mol. The number of hydrogen-bond acceptors (Lipinski definition) is 4.